The number of fused-ring (bicyclic) bond motifs is 1. The third-order valence-electron chi connectivity index (χ3n) is 3.06. The third kappa shape index (κ3) is 1.07. The van der Waals surface area contributed by atoms with Gasteiger partial charge in [-0.1, -0.05) is 12.8 Å². The molecule has 0 unspecified atom stereocenters. The molecule has 2 rings (SSSR count). The van der Waals surface area contributed by atoms with Gasteiger partial charge in [0.1, 0.15) is 0 Å². The van der Waals surface area contributed by atoms with E-state index in [1.165, 1.54) is 32.1 Å². The van der Waals surface area contributed by atoms with E-state index in [1.54, 1.807) is 0 Å². The molecule has 0 spiro atoms. The molecule has 10 heavy (non-hydrogen) atoms. The summed E-state index contributed by atoms with van der Waals surface area (Å²) in [5.74, 6) is 1.03. The van der Waals surface area contributed by atoms with E-state index in [4.69, 9.17) is 0 Å². The molecule has 2 fully saturated rings. The normalized spacial score (nSPS) is 47.1. The molecule has 58 valence electrons. The van der Waals surface area contributed by atoms with E-state index in [9.17, 15) is 0 Å². The molecule has 0 aromatic carbocycles. The summed E-state index contributed by atoms with van der Waals surface area (Å²) in [4.78, 5) is 0. The van der Waals surface area contributed by atoms with Gasteiger partial charge in [-0.15, -0.1) is 0 Å². The summed E-state index contributed by atoms with van der Waals surface area (Å²) in [5, 5.41) is 3.66. The lowest BCUT2D eigenvalue weighted by atomic mass is 9.85. The smallest absolute Gasteiger partial charge is 0.00983 e. The van der Waals surface area contributed by atoms with Crippen molar-refractivity contribution in [2.75, 3.05) is 0 Å². The molecule has 1 heterocycles. The van der Waals surface area contributed by atoms with E-state index in [0.717, 1.165) is 18.0 Å². The summed E-state index contributed by atoms with van der Waals surface area (Å²) in [7, 11) is 0. The first kappa shape index (κ1) is 6.66. The van der Waals surface area contributed by atoms with Crippen LogP contribution in [0.1, 0.15) is 39.0 Å². The van der Waals surface area contributed by atoms with Crippen molar-refractivity contribution in [2.45, 2.75) is 51.1 Å². The Kier molecular flexibility index (Phi) is 1.69. The highest BCUT2D eigenvalue weighted by atomic mass is 15.0. The van der Waals surface area contributed by atoms with Crippen molar-refractivity contribution >= 4 is 0 Å². The molecule has 1 saturated heterocycles. The van der Waals surface area contributed by atoms with Gasteiger partial charge in [-0.2, -0.15) is 0 Å². The molecule has 0 aromatic rings. The van der Waals surface area contributed by atoms with Crippen molar-refractivity contribution in [3.63, 3.8) is 0 Å². The molecule has 1 aliphatic carbocycles. The van der Waals surface area contributed by atoms with Gasteiger partial charge in [0.05, 0.1) is 0 Å². The monoisotopic (exact) mass is 139 g/mol. The van der Waals surface area contributed by atoms with Crippen molar-refractivity contribution in [1.82, 2.24) is 5.32 Å². The van der Waals surface area contributed by atoms with Crippen molar-refractivity contribution in [1.29, 1.82) is 0 Å². The Morgan fingerprint density at radius 2 is 2.00 bits per heavy atom. The standard InChI is InChI=1S/C9H17N/c1-7-6-8-4-2-3-5-9(8)10-7/h7-10H,2-6H2,1H3/t7-,8+,9-/m1/s1. The van der Waals surface area contributed by atoms with Crippen LogP contribution in [-0.4, -0.2) is 12.1 Å². The molecule has 0 aromatic heterocycles. The van der Waals surface area contributed by atoms with E-state index in [0.29, 0.717) is 0 Å². The number of nitrogens with one attached hydrogen (secondary N) is 1. The first-order chi connectivity index (χ1) is 4.86. The Morgan fingerprint density at radius 1 is 1.20 bits per heavy atom. The molecule has 3 atom stereocenters. The summed E-state index contributed by atoms with van der Waals surface area (Å²) in [6.45, 7) is 2.32. The van der Waals surface area contributed by atoms with Crippen LogP contribution in [0.3, 0.4) is 0 Å². The fraction of sp³-hybridized carbons (Fsp3) is 1.00. The van der Waals surface area contributed by atoms with Gasteiger partial charge in [-0.05, 0) is 32.1 Å². The van der Waals surface area contributed by atoms with Crippen LogP contribution < -0.4 is 5.32 Å². The maximum Gasteiger partial charge on any atom is 0.00983 e. The van der Waals surface area contributed by atoms with Gasteiger partial charge in [0.15, 0.2) is 0 Å². The lowest BCUT2D eigenvalue weighted by Crippen LogP contribution is -2.31. The predicted octanol–water partition coefficient (Wildman–Crippen LogP) is 1.93. The van der Waals surface area contributed by atoms with E-state index in [1.807, 2.05) is 0 Å². The Hall–Kier alpha value is -0.0400. The minimum atomic E-state index is 0.799. The fourth-order valence-electron chi connectivity index (χ4n) is 2.60. The topological polar surface area (TPSA) is 12.0 Å². The van der Waals surface area contributed by atoms with Gasteiger partial charge in [0, 0.05) is 12.1 Å². The van der Waals surface area contributed by atoms with Crippen LogP contribution in [-0.2, 0) is 0 Å². The molecule has 1 saturated carbocycles. The lowest BCUT2D eigenvalue weighted by molar-refractivity contribution is 0.325. The van der Waals surface area contributed by atoms with Crippen LogP contribution in [0.5, 0.6) is 0 Å². The van der Waals surface area contributed by atoms with Crippen LogP contribution in [0.15, 0.2) is 0 Å². The van der Waals surface area contributed by atoms with Crippen LogP contribution in [0, 0.1) is 5.92 Å². The maximum absolute atomic E-state index is 3.66. The van der Waals surface area contributed by atoms with Gasteiger partial charge in [-0.3, -0.25) is 0 Å². The molecule has 1 heteroatoms. The quantitative estimate of drug-likeness (QED) is 0.540. The summed E-state index contributed by atoms with van der Waals surface area (Å²) in [6.07, 6.45) is 7.30. The summed E-state index contributed by atoms with van der Waals surface area (Å²) >= 11 is 0. The third-order valence-corrected chi connectivity index (χ3v) is 3.06. The van der Waals surface area contributed by atoms with Crippen LogP contribution in [0.2, 0.25) is 0 Å². The van der Waals surface area contributed by atoms with Crippen LogP contribution >= 0.6 is 0 Å². The summed E-state index contributed by atoms with van der Waals surface area (Å²) < 4.78 is 0. The molecule has 1 N–H and O–H groups in total. The molecule has 0 radical (unpaired) electrons. The van der Waals surface area contributed by atoms with E-state index in [2.05, 4.69) is 12.2 Å². The summed E-state index contributed by atoms with van der Waals surface area (Å²) in [5.41, 5.74) is 0. The molecular weight excluding hydrogens is 122 g/mol. The molecule has 1 nitrogen and oxygen atoms in total. The number of rotatable bonds is 0. The van der Waals surface area contributed by atoms with E-state index >= 15 is 0 Å². The van der Waals surface area contributed by atoms with Gasteiger partial charge < -0.3 is 5.32 Å². The maximum atomic E-state index is 3.66. The first-order valence-corrected chi connectivity index (χ1v) is 4.62. The molecular formula is C9H17N. The van der Waals surface area contributed by atoms with Crippen molar-refractivity contribution in [2.24, 2.45) is 5.92 Å². The highest BCUT2D eigenvalue weighted by molar-refractivity contribution is 4.90. The highest BCUT2D eigenvalue weighted by Gasteiger charge is 2.32. The minimum absolute atomic E-state index is 0.799. The predicted molar refractivity (Wildman–Crippen MR) is 43.0 cm³/mol. The largest absolute Gasteiger partial charge is 0.311 e. The number of hydrogen-bond donors (Lipinski definition) is 1. The zero-order chi connectivity index (χ0) is 6.97. The van der Waals surface area contributed by atoms with Crippen molar-refractivity contribution < 1.29 is 0 Å². The Morgan fingerprint density at radius 3 is 2.80 bits per heavy atom. The van der Waals surface area contributed by atoms with Gasteiger partial charge >= 0.3 is 0 Å². The number of hydrogen-bond acceptors (Lipinski definition) is 1. The molecule has 2 aliphatic rings. The van der Waals surface area contributed by atoms with Gasteiger partial charge in [-0.25, -0.2) is 0 Å². The Bertz CT molecular complexity index is 108. The minimum Gasteiger partial charge on any atom is -0.311 e. The SMILES string of the molecule is C[C@@H]1C[C@@H]2CCCC[C@H]2N1. The average Bonchev–Trinajstić information content (AvgIpc) is 2.27. The second kappa shape index (κ2) is 2.54. The summed E-state index contributed by atoms with van der Waals surface area (Å²) in [6, 6.07) is 1.69. The van der Waals surface area contributed by atoms with Gasteiger partial charge in [0.25, 0.3) is 0 Å². The van der Waals surface area contributed by atoms with E-state index < -0.39 is 0 Å². The second-order valence-corrected chi connectivity index (χ2v) is 3.95. The van der Waals surface area contributed by atoms with Crippen LogP contribution in [0.25, 0.3) is 0 Å². The Balaban J connectivity index is 1.97. The average molecular weight is 139 g/mol. The van der Waals surface area contributed by atoms with E-state index in [-0.39, 0.29) is 0 Å². The molecule has 0 bridgehead atoms. The molecule has 1 aliphatic heterocycles. The van der Waals surface area contributed by atoms with Crippen LogP contribution in [0.4, 0.5) is 0 Å². The molecule has 0 amide bonds. The van der Waals surface area contributed by atoms with Crippen molar-refractivity contribution in [3.8, 4) is 0 Å². The second-order valence-electron chi connectivity index (χ2n) is 3.95. The highest BCUT2D eigenvalue weighted by Crippen LogP contribution is 2.32. The Labute approximate surface area is 63.2 Å². The van der Waals surface area contributed by atoms with Crippen molar-refractivity contribution in [3.05, 3.63) is 0 Å². The fourth-order valence-corrected chi connectivity index (χ4v) is 2.60. The lowest BCUT2D eigenvalue weighted by Gasteiger charge is -2.24. The first-order valence-electron chi connectivity index (χ1n) is 4.62. The zero-order valence-corrected chi connectivity index (χ0v) is 6.77. The van der Waals surface area contributed by atoms with Gasteiger partial charge in [0.2, 0.25) is 0 Å². The zero-order valence-electron chi connectivity index (χ0n) is 6.77.